The molecule has 1 aromatic heterocycles. The van der Waals surface area contributed by atoms with Gasteiger partial charge in [-0.05, 0) is 23.6 Å². The first-order valence-electron chi connectivity index (χ1n) is 6.30. The molecular weight excluding hydrogens is 238 g/mol. The number of aromatic amines is 1. The van der Waals surface area contributed by atoms with E-state index in [9.17, 15) is 4.79 Å². The highest BCUT2D eigenvalue weighted by atomic mass is 16.1. The summed E-state index contributed by atoms with van der Waals surface area (Å²) in [5.74, 6) is -0.117. The Labute approximate surface area is 112 Å². The summed E-state index contributed by atoms with van der Waals surface area (Å²) >= 11 is 0. The molecule has 0 radical (unpaired) electrons. The molecule has 0 saturated carbocycles. The Kier molecular flexibility index (Phi) is 4.50. The van der Waals surface area contributed by atoms with E-state index in [0.29, 0.717) is 6.54 Å². The fourth-order valence-electron chi connectivity index (χ4n) is 1.66. The Balaban J connectivity index is 1.85. The van der Waals surface area contributed by atoms with Crippen molar-refractivity contribution in [1.82, 2.24) is 15.3 Å². The first-order valence-corrected chi connectivity index (χ1v) is 6.30. The molecule has 0 fully saturated rings. The maximum absolute atomic E-state index is 11.6. The molecule has 2 aromatic rings. The molecule has 0 atom stereocenters. The van der Waals surface area contributed by atoms with Gasteiger partial charge in [-0.25, -0.2) is 4.98 Å². The molecule has 2 N–H and O–H groups in total. The SMILES string of the molecule is CCc1ccc(C=CC(=O)NCc2cnc[nH]2)cc1. The number of rotatable bonds is 5. The number of nitrogens with one attached hydrogen (secondary N) is 2. The fourth-order valence-corrected chi connectivity index (χ4v) is 1.66. The van der Waals surface area contributed by atoms with Crippen LogP contribution in [0, 0.1) is 0 Å². The third kappa shape index (κ3) is 4.10. The molecule has 0 saturated heterocycles. The van der Waals surface area contributed by atoms with Crippen LogP contribution in [0.4, 0.5) is 0 Å². The van der Waals surface area contributed by atoms with Crippen molar-refractivity contribution in [1.29, 1.82) is 0 Å². The molecular formula is C15H17N3O. The number of H-pyrrole nitrogens is 1. The van der Waals surface area contributed by atoms with Crippen molar-refractivity contribution < 1.29 is 4.79 Å². The second kappa shape index (κ2) is 6.54. The van der Waals surface area contributed by atoms with Crippen molar-refractivity contribution >= 4 is 12.0 Å². The number of hydrogen-bond acceptors (Lipinski definition) is 2. The lowest BCUT2D eigenvalue weighted by molar-refractivity contribution is -0.116. The van der Waals surface area contributed by atoms with Gasteiger partial charge >= 0.3 is 0 Å². The average molecular weight is 255 g/mol. The van der Waals surface area contributed by atoms with Crippen LogP contribution in [-0.4, -0.2) is 15.9 Å². The van der Waals surface area contributed by atoms with Gasteiger partial charge in [0.1, 0.15) is 0 Å². The van der Waals surface area contributed by atoms with Crippen molar-refractivity contribution in [2.45, 2.75) is 19.9 Å². The summed E-state index contributed by atoms with van der Waals surface area (Å²) in [6.45, 7) is 2.58. The molecule has 0 spiro atoms. The monoisotopic (exact) mass is 255 g/mol. The van der Waals surface area contributed by atoms with Crippen molar-refractivity contribution in [2.75, 3.05) is 0 Å². The zero-order valence-corrected chi connectivity index (χ0v) is 10.9. The lowest BCUT2D eigenvalue weighted by atomic mass is 10.1. The lowest BCUT2D eigenvalue weighted by Crippen LogP contribution is -2.20. The molecule has 1 amide bonds. The van der Waals surface area contributed by atoms with Crippen LogP contribution < -0.4 is 5.32 Å². The summed E-state index contributed by atoms with van der Waals surface area (Å²) in [6, 6.07) is 8.17. The maximum atomic E-state index is 11.6. The van der Waals surface area contributed by atoms with Crippen molar-refractivity contribution in [3.63, 3.8) is 0 Å². The summed E-state index contributed by atoms with van der Waals surface area (Å²) < 4.78 is 0. The molecule has 98 valence electrons. The fraction of sp³-hybridized carbons (Fsp3) is 0.200. The minimum atomic E-state index is -0.117. The number of nitrogens with zero attached hydrogens (tertiary/aromatic N) is 1. The summed E-state index contributed by atoms with van der Waals surface area (Å²) in [5.41, 5.74) is 3.20. The molecule has 0 unspecified atom stereocenters. The van der Waals surface area contributed by atoms with Gasteiger partial charge in [0, 0.05) is 12.3 Å². The second-order valence-corrected chi connectivity index (χ2v) is 4.22. The van der Waals surface area contributed by atoms with Crippen LogP contribution in [0.3, 0.4) is 0 Å². The second-order valence-electron chi connectivity index (χ2n) is 4.22. The quantitative estimate of drug-likeness (QED) is 0.805. The van der Waals surface area contributed by atoms with Gasteiger partial charge in [0.05, 0.1) is 18.6 Å². The van der Waals surface area contributed by atoms with Gasteiger partial charge in [0.2, 0.25) is 5.91 Å². The standard InChI is InChI=1S/C15H17N3O/c1-2-12-3-5-13(6-4-12)7-8-15(19)17-10-14-9-16-11-18-14/h3-9,11H,2,10H2,1H3,(H,16,18)(H,17,19). The molecule has 4 heteroatoms. The van der Waals surface area contributed by atoms with Crippen LogP contribution in [0.25, 0.3) is 6.08 Å². The zero-order valence-electron chi connectivity index (χ0n) is 10.9. The summed E-state index contributed by atoms with van der Waals surface area (Å²) in [6.07, 6.45) is 7.65. The first-order chi connectivity index (χ1) is 9.28. The van der Waals surface area contributed by atoms with Crippen molar-refractivity contribution in [2.24, 2.45) is 0 Å². The number of imidazole rings is 1. The van der Waals surface area contributed by atoms with E-state index in [0.717, 1.165) is 17.7 Å². The molecule has 19 heavy (non-hydrogen) atoms. The van der Waals surface area contributed by atoms with Gasteiger partial charge in [-0.3, -0.25) is 4.79 Å². The van der Waals surface area contributed by atoms with Crippen LogP contribution in [0.1, 0.15) is 23.7 Å². The number of benzene rings is 1. The molecule has 0 bridgehead atoms. The van der Waals surface area contributed by atoms with Crippen molar-refractivity contribution in [3.8, 4) is 0 Å². The summed E-state index contributed by atoms with van der Waals surface area (Å²) in [5, 5.41) is 2.78. The molecule has 1 heterocycles. The van der Waals surface area contributed by atoms with Crippen LogP contribution in [-0.2, 0) is 17.8 Å². The normalized spacial score (nSPS) is 10.8. The zero-order chi connectivity index (χ0) is 13.5. The molecule has 2 rings (SSSR count). The molecule has 0 aliphatic heterocycles. The highest BCUT2D eigenvalue weighted by Crippen LogP contribution is 2.06. The van der Waals surface area contributed by atoms with E-state index in [1.807, 2.05) is 18.2 Å². The van der Waals surface area contributed by atoms with Gasteiger partial charge in [-0.2, -0.15) is 0 Å². The number of carbonyl (C=O) groups is 1. The molecule has 4 nitrogen and oxygen atoms in total. The highest BCUT2D eigenvalue weighted by molar-refractivity contribution is 5.91. The van der Waals surface area contributed by atoms with Crippen LogP contribution in [0.15, 0.2) is 42.9 Å². The largest absolute Gasteiger partial charge is 0.347 e. The van der Waals surface area contributed by atoms with Crippen LogP contribution >= 0.6 is 0 Å². The summed E-state index contributed by atoms with van der Waals surface area (Å²) in [4.78, 5) is 18.4. The van der Waals surface area contributed by atoms with Gasteiger partial charge in [-0.15, -0.1) is 0 Å². The molecule has 0 aliphatic rings. The number of aromatic nitrogens is 2. The van der Waals surface area contributed by atoms with E-state index < -0.39 is 0 Å². The van der Waals surface area contributed by atoms with Gasteiger partial charge in [0.25, 0.3) is 0 Å². The topological polar surface area (TPSA) is 57.8 Å². The first kappa shape index (κ1) is 13.1. The van der Waals surface area contributed by atoms with E-state index >= 15 is 0 Å². The number of hydrogen-bond donors (Lipinski definition) is 2. The minimum Gasteiger partial charge on any atom is -0.347 e. The molecule has 0 aliphatic carbocycles. The number of carbonyl (C=O) groups excluding carboxylic acids is 1. The van der Waals surface area contributed by atoms with E-state index in [4.69, 9.17) is 0 Å². The predicted molar refractivity (Wildman–Crippen MR) is 75.3 cm³/mol. The Bertz CT molecular complexity index is 541. The predicted octanol–water partition coefficient (Wildman–Crippen LogP) is 2.30. The Hall–Kier alpha value is -2.36. The van der Waals surface area contributed by atoms with E-state index in [1.54, 1.807) is 12.5 Å². The van der Waals surface area contributed by atoms with Gasteiger partial charge in [-0.1, -0.05) is 31.2 Å². The van der Waals surface area contributed by atoms with Crippen LogP contribution in [0.2, 0.25) is 0 Å². The maximum Gasteiger partial charge on any atom is 0.244 e. The Morgan fingerprint density at radius 1 is 1.37 bits per heavy atom. The Morgan fingerprint density at radius 3 is 2.79 bits per heavy atom. The number of aryl methyl sites for hydroxylation is 1. The highest BCUT2D eigenvalue weighted by Gasteiger charge is 1.97. The van der Waals surface area contributed by atoms with Crippen molar-refractivity contribution in [3.05, 3.63) is 59.7 Å². The van der Waals surface area contributed by atoms with E-state index in [1.165, 1.54) is 11.6 Å². The Morgan fingerprint density at radius 2 is 2.16 bits per heavy atom. The van der Waals surface area contributed by atoms with Gasteiger partial charge in [0.15, 0.2) is 0 Å². The smallest absolute Gasteiger partial charge is 0.244 e. The number of amides is 1. The summed E-state index contributed by atoms with van der Waals surface area (Å²) in [7, 11) is 0. The third-order valence-electron chi connectivity index (χ3n) is 2.82. The van der Waals surface area contributed by atoms with Gasteiger partial charge < -0.3 is 10.3 Å². The van der Waals surface area contributed by atoms with Crippen LogP contribution in [0.5, 0.6) is 0 Å². The lowest BCUT2D eigenvalue weighted by Gasteiger charge is -1.99. The third-order valence-corrected chi connectivity index (χ3v) is 2.82. The molecule has 1 aromatic carbocycles. The van der Waals surface area contributed by atoms with E-state index in [-0.39, 0.29) is 5.91 Å². The average Bonchev–Trinajstić information content (AvgIpc) is 2.96. The van der Waals surface area contributed by atoms with E-state index in [2.05, 4.69) is 34.3 Å². The minimum absolute atomic E-state index is 0.117.